The van der Waals surface area contributed by atoms with E-state index >= 15 is 0 Å². The number of aromatic hydroxyl groups is 1. The molecule has 0 heterocycles. The fourth-order valence-electron chi connectivity index (χ4n) is 2.15. The molecule has 1 amide bonds. The summed E-state index contributed by atoms with van der Waals surface area (Å²) in [5.74, 6) is 0.662. The maximum Gasteiger partial charge on any atom is 0.277 e. The zero-order valence-electron chi connectivity index (χ0n) is 13.9. The number of hydrogen-bond donors (Lipinski definition) is 2. The number of ether oxygens (including phenoxy) is 2. The van der Waals surface area contributed by atoms with Gasteiger partial charge in [-0.3, -0.25) is 4.79 Å². The minimum atomic E-state index is -0.365. The number of aryl methyl sites for hydroxylation is 2. The first-order valence-electron chi connectivity index (χ1n) is 7.38. The third kappa shape index (κ3) is 5.01. The van der Waals surface area contributed by atoms with E-state index < -0.39 is 0 Å². The van der Waals surface area contributed by atoms with Crippen molar-refractivity contribution in [2.45, 2.75) is 13.8 Å². The van der Waals surface area contributed by atoms with Crippen molar-refractivity contribution in [3.05, 3.63) is 53.1 Å². The molecule has 0 aromatic heterocycles. The normalized spacial score (nSPS) is 10.6. The molecule has 0 saturated heterocycles. The minimum absolute atomic E-state index is 0.0422. The summed E-state index contributed by atoms with van der Waals surface area (Å²) >= 11 is 0. The number of carbonyl (C=O) groups is 1. The number of benzene rings is 2. The maximum absolute atomic E-state index is 11.7. The number of methoxy groups -OCH3 is 1. The molecule has 0 bridgehead atoms. The molecule has 0 spiro atoms. The summed E-state index contributed by atoms with van der Waals surface area (Å²) in [6.07, 6.45) is 1.46. The highest BCUT2D eigenvalue weighted by molar-refractivity contribution is 5.83. The van der Waals surface area contributed by atoms with Gasteiger partial charge in [0.05, 0.1) is 13.3 Å². The van der Waals surface area contributed by atoms with Crippen LogP contribution in [0.1, 0.15) is 16.7 Å². The molecule has 0 aliphatic heterocycles. The van der Waals surface area contributed by atoms with E-state index in [2.05, 4.69) is 10.5 Å². The van der Waals surface area contributed by atoms with Gasteiger partial charge in [-0.15, -0.1) is 0 Å². The fourth-order valence-corrected chi connectivity index (χ4v) is 2.15. The van der Waals surface area contributed by atoms with Crippen molar-refractivity contribution in [3.63, 3.8) is 0 Å². The second kappa shape index (κ2) is 8.01. The standard InChI is InChI=1S/C18H20N2O4/c1-12-6-13(2)8-15(7-12)24-11-18(22)20-19-10-14-4-5-16(21)17(9-14)23-3/h4-10,21H,11H2,1-3H3,(H,20,22)/b19-10+. The number of hydrogen-bond acceptors (Lipinski definition) is 5. The molecule has 24 heavy (non-hydrogen) atoms. The number of phenols is 1. The molecule has 2 rings (SSSR count). The van der Waals surface area contributed by atoms with Crippen LogP contribution in [0.25, 0.3) is 0 Å². The number of amides is 1. The second-order valence-electron chi connectivity index (χ2n) is 5.34. The van der Waals surface area contributed by atoms with E-state index in [1.807, 2.05) is 32.0 Å². The number of rotatable bonds is 6. The lowest BCUT2D eigenvalue weighted by Gasteiger charge is -2.07. The number of hydrazone groups is 1. The summed E-state index contributed by atoms with van der Waals surface area (Å²) in [6, 6.07) is 10.5. The molecular formula is C18H20N2O4. The van der Waals surface area contributed by atoms with E-state index in [9.17, 15) is 9.90 Å². The van der Waals surface area contributed by atoms with Crippen molar-refractivity contribution in [2.75, 3.05) is 13.7 Å². The van der Waals surface area contributed by atoms with Crippen LogP contribution in [-0.2, 0) is 4.79 Å². The first-order valence-corrected chi connectivity index (χ1v) is 7.38. The summed E-state index contributed by atoms with van der Waals surface area (Å²) in [4.78, 5) is 11.7. The molecule has 0 fully saturated rings. The molecule has 6 nitrogen and oxygen atoms in total. The molecule has 126 valence electrons. The third-order valence-corrected chi connectivity index (χ3v) is 3.17. The Kier molecular flexibility index (Phi) is 5.78. The van der Waals surface area contributed by atoms with Gasteiger partial charge in [-0.2, -0.15) is 5.10 Å². The lowest BCUT2D eigenvalue weighted by atomic mass is 10.1. The summed E-state index contributed by atoms with van der Waals surface area (Å²) in [5, 5.41) is 13.4. The number of carbonyl (C=O) groups excluding carboxylic acids is 1. The number of nitrogens with one attached hydrogen (secondary N) is 1. The lowest BCUT2D eigenvalue weighted by Crippen LogP contribution is -2.24. The number of phenolic OH excluding ortho intramolecular Hbond substituents is 1. The zero-order valence-corrected chi connectivity index (χ0v) is 13.9. The fraction of sp³-hybridized carbons (Fsp3) is 0.222. The Hall–Kier alpha value is -3.02. The smallest absolute Gasteiger partial charge is 0.277 e. The van der Waals surface area contributed by atoms with Gasteiger partial charge in [0, 0.05) is 0 Å². The van der Waals surface area contributed by atoms with Crippen LogP contribution in [0.5, 0.6) is 17.2 Å². The summed E-state index contributed by atoms with van der Waals surface area (Å²) in [6.45, 7) is 3.81. The van der Waals surface area contributed by atoms with E-state index in [0.717, 1.165) is 11.1 Å². The zero-order chi connectivity index (χ0) is 17.5. The Bertz CT molecular complexity index is 736. The molecule has 6 heteroatoms. The Balaban J connectivity index is 1.86. The summed E-state index contributed by atoms with van der Waals surface area (Å²) < 4.78 is 10.4. The van der Waals surface area contributed by atoms with Crippen LogP contribution >= 0.6 is 0 Å². The van der Waals surface area contributed by atoms with Gasteiger partial charge < -0.3 is 14.6 Å². The van der Waals surface area contributed by atoms with Crippen molar-refractivity contribution in [1.29, 1.82) is 0 Å². The van der Waals surface area contributed by atoms with Gasteiger partial charge >= 0.3 is 0 Å². The van der Waals surface area contributed by atoms with E-state index in [1.165, 1.54) is 19.4 Å². The molecule has 0 saturated carbocycles. The lowest BCUT2D eigenvalue weighted by molar-refractivity contribution is -0.123. The number of nitrogens with zero attached hydrogens (tertiary/aromatic N) is 1. The van der Waals surface area contributed by atoms with Crippen molar-refractivity contribution in [1.82, 2.24) is 5.43 Å². The second-order valence-corrected chi connectivity index (χ2v) is 5.34. The SMILES string of the molecule is COc1cc(/C=N/NC(=O)COc2cc(C)cc(C)c2)ccc1O. The average molecular weight is 328 g/mol. The van der Waals surface area contributed by atoms with Gasteiger partial charge in [0.1, 0.15) is 5.75 Å². The van der Waals surface area contributed by atoms with Gasteiger partial charge in [-0.05, 0) is 60.9 Å². The molecule has 0 unspecified atom stereocenters. The van der Waals surface area contributed by atoms with Gasteiger partial charge in [-0.25, -0.2) is 5.43 Å². The van der Waals surface area contributed by atoms with Crippen LogP contribution in [0.15, 0.2) is 41.5 Å². The Morgan fingerprint density at radius 1 is 1.21 bits per heavy atom. The van der Waals surface area contributed by atoms with Gasteiger partial charge in [-0.1, -0.05) is 6.07 Å². The van der Waals surface area contributed by atoms with Crippen molar-refractivity contribution >= 4 is 12.1 Å². The Morgan fingerprint density at radius 3 is 2.58 bits per heavy atom. The highest BCUT2D eigenvalue weighted by atomic mass is 16.5. The topological polar surface area (TPSA) is 80.2 Å². The van der Waals surface area contributed by atoms with Gasteiger partial charge in [0.25, 0.3) is 5.91 Å². The predicted octanol–water partition coefficient (Wildman–Crippen LogP) is 2.55. The molecule has 2 aromatic rings. The first kappa shape index (κ1) is 17.3. The summed E-state index contributed by atoms with van der Waals surface area (Å²) in [5.41, 5.74) is 5.21. The minimum Gasteiger partial charge on any atom is -0.504 e. The van der Waals surface area contributed by atoms with Crippen LogP contribution in [0, 0.1) is 13.8 Å². The molecule has 0 aliphatic carbocycles. The largest absolute Gasteiger partial charge is 0.504 e. The molecular weight excluding hydrogens is 308 g/mol. The van der Waals surface area contributed by atoms with Crippen molar-refractivity contribution in [2.24, 2.45) is 5.10 Å². The van der Waals surface area contributed by atoms with E-state index in [-0.39, 0.29) is 18.3 Å². The van der Waals surface area contributed by atoms with Crippen LogP contribution in [-0.4, -0.2) is 30.9 Å². The van der Waals surface area contributed by atoms with Crippen LogP contribution < -0.4 is 14.9 Å². The highest BCUT2D eigenvalue weighted by Gasteiger charge is 2.03. The van der Waals surface area contributed by atoms with E-state index in [4.69, 9.17) is 9.47 Å². The molecule has 2 aromatic carbocycles. The summed E-state index contributed by atoms with van der Waals surface area (Å²) in [7, 11) is 1.46. The maximum atomic E-state index is 11.7. The van der Waals surface area contributed by atoms with Gasteiger partial charge in [0.2, 0.25) is 0 Å². The molecule has 0 atom stereocenters. The molecule has 0 aliphatic rings. The molecule has 0 radical (unpaired) electrons. The molecule has 2 N–H and O–H groups in total. The van der Waals surface area contributed by atoms with E-state index in [0.29, 0.717) is 17.1 Å². The van der Waals surface area contributed by atoms with Crippen LogP contribution in [0.3, 0.4) is 0 Å². The van der Waals surface area contributed by atoms with E-state index in [1.54, 1.807) is 12.1 Å². The average Bonchev–Trinajstić information content (AvgIpc) is 2.53. The predicted molar refractivity (Wildman–Crippen MR) is 91.8 cm³/mol. The van der Waals surface area contributed by atoms with Gasteiger partial charge in [0.15, 0.2) is 18.1 Å². The Morgan fingerprint density at radius 2 is 1.92 bits per heavy atom. The van der Waals surface area contributed by atoms with Crippen LogP contribution in [0.4, 0.5) is 0 Å². The Labute approximate surface area is 140 Å². The highest BCUT2D eigenvalue weighted by Crippen LogP contribution is 2.25. The third-order valence-electron chi connectivity index (χ3n) is 3.17. The quantitative estimate of drug-likeness (QED) is 0.631. The first-order chi connectivity index (χ1) is 11.5. The van der Waals surface area contributed by atoms with Crippen molar-refractivity contribution < 1.29 is 19.4 Å². The van der Waals surface area contributed by atoms with Crippen molar-refractivity contribution in [3.8, 4) is 17.2 Å². The van der Waals surface area contributed by atoms with Crippen LogP contribution in [0.2, 0.25) is 0 Å². The monoisotopic (exact) mass is 328 g/mol.